The first kappa shape index (κ1) is 14.0. The topological polar surface area (TPSA) is 15.3 Å². The first-order chi connectivity index (χ1) is 7.69. The highest BCUT2D eigenvalue weighted by atomic mass is 15.2. The van der Waals surface area contributed by atoms with Crippen molar-refractivity contribution in [1.29, 1.82) is 0 Å². The summed E-state index contributed by atoms with van der Waals surface area (Å²) in [5.74, 6) is 0.906. The molecule has 0 aliphatic heterocycles. The third kappa shape index (κ3) is 4.06. The van der Waals surface area contributed by atoms with Crippen molar-refractivity contribution in [3.8, 4) is 0 Å². The minimum absolute atomic E-state index is 0.729. The van der Waals surface area contributed by atoms with Gasteiger partial charge in [0.05, 0.1) is 0 Å². The zero-order valence-electron chi connectivity index (χ0n) is 11.6. The van der Waals surface area contributed by atoms with Gasteiger partial charge in [-0.15, -0.1) is 0 Å². The molecule has 3 unspecified atom stereocenters. The summed E-state index contributed by atoms with van der Waals surface area (Å²) in [6, 6.07) is 1.49. The Hall–Kier alpha value is -0.0800. The molecular weight excluding hydrogens is 196 g/mol. The fourth-order valence-electron chi connectivity index (χ4n) is 2.92. The van der Waals surface area contributed by atoms with E-state index in [-0.39, 0.29) is 0 Å². The second kappa shape index (κ2) is 7.29. The van der Waals surface area contributed by atoms with Gasteiger partial charge in [-0.25, -0.2) is 0 Å². The van der Waals surface area contributed by atoms with E-state index in [1.165, 1.54) is 45.2 Å². The van der Waals surface area contributed by atoms with Gasteiger partial charge in [0.1, 0.15) is 0 Å². The maximum atomic E-state index is 3.74. The Bertz CT molecular complexity index is 180. The molecule has 3 atom stereocenters. The van der Waals surface area contributed by atoms with Gasteiger partial charge in [-0.05, 0) is 58.2 Å². The molecular formula is C14H30N2. The SMILES string of the molecule is CCCNC1CCC(C)CC1N(C)CCC. The Labute approximate surface area is 102 Å². The van der Waals surface area contributed by atoms with Crippen LogP contribution < -0.4 is 5.32 Å². The molecule has 96 valence electrons. The van der Waals surface area contributed by atoms with Crippen LogP contribution in [-0.4, -0.2) is 37.1 Å². The predicted molar refractivity (Wildman–Crippen MR) is 71.8 cm³/mol. The van der Waals surface area contributed by atoms with E-state index in [1.807, 2.05) is 0 Å². The van der Waals surface area contributed by atoms with Crippen molar-refractivity contribution < 1.29 is 0 Å². The van der Waals surface area contributed by atoms with E-state index in [2.05, 4.69) is 38.0 Å². The molecule has 0 spiro atoms. The highest BCUT2D eigenvalue weighted by molar-refractivity contribution is 4.89. The van der Waals surface area contributed by atoms with E-state index in [4.69, 9.17) is 0 Å². The van der Waals surface area contributed by atoms with Crippen LogP contribution in [0.1, 0.15) is 52.9 Å². The Morgan fingerprint density at radius 1 is 1.19 bits per heavy atom. The lowest BCUT2D eigenvalue weighted by atomic mass is 9.82. The third-order valence-corrected chi connectivity index (χ3v) is 3.88. The summed E-state index contributed by atoms with van der Waals surface area (Å²) in [5, 5.41) is 3.74. The van der Waals surface area contributed by atoms with Crippen LogP contribution in [0.3, 0.4) is 0 Å². The normalized spacial score (nSPS) is 30.9. The van der Waals surface area contributed by atoms with Crippen molar-refractivity contribution in [3.05, 3.63) is 0 Å². The lowest BCUT2D eigenvalue weighted by Crippen LogP contribution is -2.52. The third-order valence-electron chi connectivity index (χ3n) is 3.88. The van der Waals surface area contributed by atoms with Crippen LogP contribution in [-0.2, 0) is 0 Å². The lowest BCUT2D eigenvalue weighted by molar-refractivity contribution is 0.125. The van der Waals surface area contributed by atoms with E-state index in [0.717, 1.165) is 18.0 Å². The smallest absolute Gasteiger partial charge is 0.0248 e. The van der Waals surface area contributed by atoms with Crippen molar-refractivity contribution in [2.75, 3.05) is 20.1 Å². The number of nitrogens with one attached hydrogen (secondary N) is 1. The molecule has 1 saturated carbocycles. The van der Waals surface area contributed by atoms with E-state index in [1.54, 1.807) is 0 Å². The first-order valence-corrected chi connectivity index (χ1v) is 7.12. The van der Waals surface area contributed by atoms with Gasteiger partial charge in [0.2, 0.25) is 0 Å². The van der Waals surface area contributed by atoms with Gasteiger partial charge in [-0.3, -0.25) is 0 Å². The highest BCUT2D eigenvalue weighted by Gasteiger charge is 2.30. The van der Waals surface area contributed by atoms with Crippen LogP contribution in [0.5, 0.6) is 0 Å². The summed E-state index contributed by atoms with van der Waals surface area (Å²) in [4.78, 5) is 2.57. The monoisotopic (exact) mass is 226 g/mol. The molecule has 2 heteroatoms. The summed E-state index contributed by atoms with van der Waals surface area (Å²) in [7, 11) is 2.30. The van der Waals surface area contributed by atoms with E-state index >= 15 is 0 Å². The second-order valence-corrected chi connectivity index (χ2v) is 5.53. The maximum Gasteiger partial charge on any atom is 0.0248 e. The minimum atomic E-state index is 0.729. The van der Waals surface area contributed by atoms with Gasteiger partial charge in [0.25, 0.3) is 0 Å². The van der Waals surface area contributed by atoms with E-state index in [0.29, 0.717) is 0 Å². The van der Waals surface area contributed by atoms with Crippen LogP contribution in [0.25, 0.3) is 0 Å². The number of rotatable bonds is 6. The maximum absolute atomic E-state index is 3.74. The fourth-order valence-corrected chi connectivity index (χ4v) is 2.92. The molecule has 1 aliphatic carbocycles. The molecule has 0 radical (unpaired) electrons. The molecule has 0 amide bonds. The lowest BCUT2D eigenvalue weighted by Gasteiger charge is -2.41. The van der Waals surface area contributed by atoms with Crippen molar-refractivity contribution in [3.63, 3.8) is 0 Å². The molecule has 0 bridgehead atoms. The van der Waals surface area contributed by atoms with Crippen LogP contribution in [0.2, 0.25) is 0 Å². The largest absolute Gasteiger partial charge is 0.312 e. The molecule has 16 heavy (non-hydrogen) atoms. The van der Waals surface area contributed by atoms with Gasteiger partial charge in [-0.1, -0.05) is 20.8 Å². The zero-order valence-corrected chi connectivity index (χ0v) is 11.6. The summed E-state index contributed by atoms with van der Waals surface area (Å²) >= 11 is 0. The van der Waals surface area contributed by atoms with Gasteiger partial charge in [0, 0.05) is 12.1 Å². The number of likely N-dealkylation sites (N-methyl/N-ethyl adjacent to an activating group) is 1. The summed E-state index contributed by atoms with van der Waals surface area (Å²) in [6.07, 6.45) is 6.65. The predicted octanol–water partition coefficient (Wildman–Crippen LogP) is 2.89. The van der Waals surface area contributed by atoms with Crippen LogP contribution in [0, 0.1) is 5.92 Å². The van der Waals surface area contributed by atoms with Gasteiger partial charge < -0.3 is 10.2 Å². The molecule has 1 fully saturated rings. The van der Waals surface area contributed by atoms with Crippen molar-refractivity contribution in [2.24, 2.45) is 5.92 Å². The molecule has 0 aromatic carbocycles. The van der Waals surface area contributed by atoms with Crippen molar-refractivity contribution in [1.82, 2.24) is 10.2 Å². The van der Waals surface area contributed by atoms with Gasteiger partial charge in [-0.2, -0.15) is 0 Å². The van der Waals surface area contributed by atoms with Gasteiger partial charge in [0.15, 0.2) is 0 Å². The molecule has 2 nitrogen and oxygen atoms in total. The Morgan fingerprint density at radius 3 is 2.56 bits per heavy atom. The Kier molecular flexibility index (Phi) is 6.37. The summed E-state index contributed by atoms with van der Waals surface area (Å²) < 4.78 is 0. The zero-order chi connectivity index (χ0) is 12.0. The molecule has 1 N–H and O–H groups in total. The molecule has 1 aliphatic rings. The summed E-state index contributed by atoms with van der Waals surface area (Å²) in [5.41, 5.74) is 0. The van der Waals surface area contributed by atoms with Crippen LogP contribution in [0.15, 0.2) is 0 Å². The molecule has 0 saturated heterocycles. The van der Waals surface area contributed by atoms with Crippen molar-refractivity contribution in [2.45, 2.75) is 65.0 Å². The van der Waals surface area contributed by atoms with Crippen molar-refractivity contribution >= 4 is 0 Å². The first-order valence-electron chi connectivity index (χ1n) is 7.12. The Balaban J connectivity index is 2.50. The standard InChI is InChI=1S/C14H30N2/c1-5-9-15-13-8-7-12(3)11-14(13)16(4)10-6-2/h12-15H,5-11H2,1-4H3. The highest BCUT2D eigenvalue weighted by Crippen LogP contribution is 2.27. The molecule has 0 heterocycles. The minimum Gasteiger partial charge on any atom is -0.312 e. The fraction of sp³-hybridized carbons (Fsp3) is 1.00. The number of nitrogens with zero attached hydrogens (tertiary/aromatic N) is 1. The quantitative estimate of drug-likeness (QED) is 0.749. The second-order valence-electron chi connectivity index (χ2n) is 5.53. The molecule has 0 aromatic rings. The average Bonchev–Trinajstić information content (AvgIpc) is 2.27. The molecule has 1 rings (SSSR count). The molecule has 0 aromatic heterocycles. The van der Waals surface area contributed by atoms with Crippen LogP contribution >= 0.6 is 0 Å². The summed E-state index contributed by atoms with van der Waals surface area (Å²) in [6.45, 7) is 9.35. The van der Waals surface area contributed by atoms with E-state index in [9.17, 15) is 0 Å². The number of hydrogen-bond donors (Lipinski definition) is 1. The number of hydrogen-bond acceptors (Lipinski definition) is 2. The average molecular weight is 226 g/mol. The van der Waals surface area contributed by atoms with Gasteiger partial charge >= 0.3 is 0 Å². The van der Waals surface area contributed by atoms with Crippen LogP contribution in [0.4, 0.5) is 0 Å². The van der Waals surface area contributed by atoms with E-state index < -0.39 is 0 Å². The Morgan fingerprint density at radius 2 is 1.94 bits per heavy atom.